The maximum atomic E-state index is 12.9. The third kappa shape index (κ3) is 5.71. The fourth-order valence-corrected chi connectivity index (χ4v) is 5.46. The Kier molecular flexibility index (Phi) is 8.28. The summed E-state index contributed by atoms with van der Waals surface area (Å²) in [5, 5.41) is 23.2. The molecule has 6 nitrogen and oxygen atoms in total. The third-order valence-electron chi connectivity index (χ3n) is 5.79. The Morgan fingerprint density at radius 3 is 2.69 bits per heavy atom. The predicted octanol–water partition coefficient (Wildman–Crippen LogP) is 6.68. The van der Waals surface area contributed by atoms with E-state index < -0.39 is 5.91 Å². The molecule has 1 aliphatic rings. The molecule has 8 heteroatoms. The van der Waals surface area contributed by atoms with Crippen molar-refractivity contribution in [3.63, 3.8) is 0 Å². The van der Waals surface area contributed by atoms with Gasteiger partial charge < -0.3 is 14.8 Å². The molecule has 1 N–H and O–H groups in total. The van der Waals surface area contributed by atoms with Crippen LogP contribution in [0.5, 0.6) is 11.5 Å². The molecule has 1 amide bonds. The van der Waals surface area contributed by atoms with Crippen LogP contribution >= 0.6 is 22.9 Å². The number of carbonyl (C=O) groups excluding carboxylic acids is 1. The van der Waals surface area contributed by atoms with E-state index in [-0.39, 0.29) is 12.2 Å². The van der Waals surface area contributed by atoms with Crippen molar-refractivity contribution in [2.75, 3.05) is 11.9 Å². The lowest BCUT2D eigenvalue weighted by Gasteiger charge is -2.13. The van der Waals surface area contributed by atoms with Gasteiger partial charge in [0.15, 0.2) is 11.5 Å². The Labute approximate surface area is 219 Å². The van der Waals surface area contributed by atoms with Gasteiger partial charge in [0.05, 0.1) is 12.2 Å². The van der Waals surface area contributed by atoms with Gasteiger partial charge in [0.1, 0.15) is 29.3 Å². The molecule has 0 unspecified atom stereocenters. The molecule has 4 rings (SSSR count). The van der Waals surface area contributed by atoms with Gasteiger partial charge in [0, 0.05) is 15.5 Å². The number of nitrogens with one attached hydrogen (secondary N) is 1. The Bertz CT molecular complexity index is 1400. The molecule has 2 aromatic carbocycles. The molecule has 0 saturated heterocycles. The van der Waals surface area contributed by atoms with Gasteiger partial charge in [-0.15, -0.1) is 11.3 Å². The summed E-state index contributed by atoms with van der Waals surface area (Å²) in [6.45, 7) is 2.55. The number of nitrogens with zero attached hydrogens (tertiary/aromatic N) is 2. The smallest absolute Gasteiger partial charge is 0.266 e. The molecule has 0 fully saturated rings. The second-order valence-corrected chi connectivity index (χ2v) is 9.68. The summed E-state index contributed by atoms with van der Waals surface area (Å²) in [5.41, 5.74) is 2.93. The molecule has 1 aromatic heterocycles. The summed E-state index contributed by atoms with van der Waals surface area (Å²) in [4.78, 5) is 14.1. The maximum absolute atomic E-state index is 12.9. The van der Waals surface area contributed by atoms with Crippen LogP contribution in [0.3, 0.4) is 0 Å². The zero-order valence-corrected chi connectivity index (χ0v) is 21.3. The second-order valence-electron chi connectivity index (χ2n) is 8.17. The normalized spacial score (nSPS) is 12.7. The molecular weight excluding hydrogens is 494 g/mol. The van der Waals surface area contributed by atoms with Crippen LogP contribution in [0.2, 0.25) is 5.02 Å². The molecule has 182 valence electrons. The van der Waals surface area contributed by atoms with E-state index >= 15 is 0 Å². The van der Waals surface area contributed by atoms with Crippen molar-refractivity contribution < 1.29 is 14.3 Å². The number of ether oxygens (including phenoxy) is 2. The fourth-order valence-electron chi connectivity index (χ4n) is 4.03. The molecule has 0 radical (unpaired) electrons. The predicted molar refractivity (Wildman–Crippen MR) is 141 cm³/mol. The Morgan fingerprint density at radius 1 is 1.14 bits per heavy atom. The topological polar surface area (TPSA) is 95.1 Å². The first-order valence-electron chi connectivity index (χ1n) is 11.6. The standard InChI is InChI=1S/C28H24ClN3O3S/c1-2-34-25-14-18(11-12-24(25)35-17-19-7-3-5-9-23(19)29)13-20(15-30)27(33)32-28-22(16-31)21-8-4-6-10-26(21)36-28/h3,5,7,9,11-14H,2,4,6,8,10,17H2,1H3,(H,32,33)/b20-13+. The third-order valence-corrected chi connectivity index (χ3v) is 7.37. The molecular formula is C28H24ClN3O3S. The number of hydrogen-bond donors (Lipinski definition) is 1. The van der Waals surface area contributed by atoms with Crippen LogP contribution in [0.25, 0.3) is 6.08 Å². The number of thiophene rings is 1. The van der Waals surface area contributed by atoms with E-state index in [4.69, 9.17) is 21.1 Å². The van der Waals surface area contributed by atoms with Crippen LogP contribution in [0, 0.1) is 22.7 Å². The van der Waals surface area contributed by atoms with Gasteiger partial charge in [-0.05, 0) is 68.0 Å². The van der Waals surface area contributed by atoms with Crippen molar-refractivity contribution in [1.82, 2.24) is 0 Å². The van der Waals surface area contributed by atoms with Crippen LogP contribution in [0.4, 0.5) is 5.00 Å². The first kappa shape index (κ1) is 25.3. The van der Waals surface area contributed by atoms with Gasteiger partial charge in [0.25, 0.3) is 5.91 Å². The largest absolute Gasteiger partial charge is 0.490 e. The molecule has 0 atom stereocenters. The molecule has 3 aromatic rings. The Morgan fingerprint density at radius 2 is 1.94 bits per heavy atom. The monoisotopic (exact) mass is 517 g/mol. The fraction of sp³-hybridized carbons (Fsp3) is 0.250. The summed E-state index contributed by atoms with van der Waals surface area (Å²) in [7, 11) is 0. The Hall–Kier alpha value is -3.78. The van der Waals surface area contributed by atoms with Crippen molar-refractivity contribution >= 4 is 39.9 Å². The van der Waals surface area contributed by atoms with Gasteiger partial charge in [-0.1, -0.05) is 35.9 Å². The van der Waals surface area contributed by atoms with E-state index in [0.717, 1.165) is 41.7 Å². The van der Waals surface area contributed by atoms with Crippen molar-refractivity contribution in [3.05, 3.63) is 80.2 Å². The van der Waals surface area contributed by atoms with Crippen molar-refractivity contribution in [2.45, 2.75) is 39.2 Å². The molecule has 0 bridgehead atoms. The SMILES string of the molecule is CCOc1cc(/C=C(\C#N)C(=O)Nc2sc3c(c2C#N)CCCC3)ccc1OCc1ccccc1Cl. The quantitative estimate of drug-likeness (QED) is 0.266. The van der Waals surface area contributed by atoms with E-state index in [9.17, 15) is 15.3 Å². The Balaban J connectivity index is 1.54. The van der Waals surface area contributed by atoms with E-state index in [1.165, 1.54) is 17.4 Å². The number of carbonyl (C=O) groups is 1. The van der Waals surface area contributed by atoms with Crippen LogP contribution < -0.4 is 14.8 Å². The number of aryl methyl sites for hydroxylation is 1. The van der Waals surface area contributed by atoms with E-state index in [0.29, 0.717) is 39.3 Å². The molecule has 1 heterocycles. The van der Waals surface area contributed by atoms with Crippen LogP contribution in [-0.2, 0) is 24.2 Å². The highest BCUT2D eigenvalue weighted by atomic mass is 35.5. The molecule has 36 heavy (non-hydrogen) atoms. The van der Waals surface area contributed by atoms with E-state index in [1.807, 2.05) is 31.2 Å². The van der Waals surface area contributed by atoms with Crippen LogP contribution in [0.15, 0.2) is 48.0 Å². The number of fused-ring (bicyclic) bond motifs is 1. The molecule has 1 aliphatic carbocycles. The van der Waals surface area contributed by atoms with Crippen molar-refractivity contribution in [1.29, 1.82) is 10.5 Å². The first-order valence-corrected chi connectivity index (χ1v) is 12.8. The summed E-state index contributed by atoms with van der Waals surface area (Å²) >= 11 is 7.65. The van der Waals surface area contributed by atoms with Crippen molar-refractivity contribution in [3.8, 4) is 23.6 Å². The van der Waals surface area contributed by atoms with Gasteiger partial charge in [-0.25, -0.2) is 0 Å². The first-order chi connectivity index (χ1) is 17.5. The number of nitriles is 2. The molecule has 0 spiro atoms. The van der Waals surface area contributed by atoms with Crippen LogP contribution in [0.1, 0.15) is 46.9 Å². The summed E-state index contributed by atoms with van der Waals surface area (Å²) in [6, 6.07) is 16.8. The molecule has 0 aliphatic heterocycles. The van der Waals surface area contributed by atoms with Gasteiger partial charge in [-0.2, -0.15) is 10.5 Å². The zero-order valence-electron chi connectivity index (χ0n) is 19.8. The maximum Gasteiger partial charge on any atom is 0.266 e. The average Bonchev–Trinajstić information content (AvgIpc) is 3.24. The van der Waals surface area contributed by atoms with Gasteiger partial charge >= 0.3 is 0 Å². The van der Waals surface area contributed by atoms with Gasteiger partial charge in [-0.3, -0.25) is 4.79 Å². The highest BCUT2D eigenvalue weighted by molar-refractivity contribution is 7.16. The number of amides is 1. The van der Waals surface area contributed by atoms with E-state index in [2.05, 4.69) is 11.4 Å². The van der Waals surface area contributed by atoms with E-state index in [1.54, 1.807) is 24.3 Å². The zero-order chi connectivity index (χ0) is 25.5. The number of hydrogen-bond acceptors (Lipinski definition) is 6. The minimum absolute atomic E-state index is 0.0718. The summed E-state index contributed by atoms with van der Waals surface area (Å²) in [5.74, 6) is 0.470. The minimum atomic E-state index is -0.551. The molecule has 0 saturated carbocycles. The lowest BCUT2D eigenvalue weighted by molar-refractivity contribution is -0.112. The van der Waals surface area contributed by atoms with Crippen LogP contribution in [-0.4, -0.2) is 12.5 Å². The van der Waals surface area contributed by atoms with Gasteiger partial charge in [0.2, 0.25) is 0 Å². The highest BCUT2D eigenvalue weighted by Crippen LogP contribution is 2.38. The van der Waals surface area contributed by atoms with Crippen molar-refractivity contribution in [2.24, 2.45) is 0 Å². The minimum Gasteiger partial charge on any atom is -0.490 e. The number of benzene rings is 2. The summed E-state index contributed by atoms with van der Waals surface area (Å²) in [6.07, 6.45) is 5.37. The highest BCUT2D eigenvalue weighted by Gasteiger charge is 2.22. The summed E-state index contributed by atoms with van der Waals surface area (Å²) < 4.78 is 11.7. The number of halogens is 1. The number of anilines is 1. The second kappa shape index (κ2) is 11.8. The number of rotatable bonds is 8. The average molecular weight is 518 g/mol. The lowest BCUT2D eigenvalue weighted by atomic mass is 9.96. The lowest BCUT2D eigenvalue weighted by Crippen LogP contribution is -2.13.